The molecule has 0 aromatic heterocycles. The van der Waals surface area contributed by atoms with Crippen LogP contribution in [0, 0.1) is 5.82 Å². The zero-order chi connectivity index (χ0) is 31.9. The molecule has 9 aromatic carbocycles. The highest BCUT2D eigenvalue weighted by molar-refractivity contribution is 6.26. The molecule has 0 N–H and O–H groups in total. The number of hydrogen-bond acceptors (Lipinski definition) is 0. The molecule has 0 atom stereocenters. The van der Waals surface area contributed by atoms with E-state index < -0.39 is 0 Å². The molecule has 0 aliphatic carbocycles. The zero-order valence-corrected chi connectivity index (χ0v) is 26.7. The molecule has 0 fully saturated rings. The van der Waals surface area contributed by atoms with Crippen molar-refractivity contribution in [2.75, 3.05) is 0 Å². The summed E-state index contributed by atoms with van der Waals surface area (Å²) >= 11 is 0. The quantitative estimate of drug-likeness (QED) is 0.139. The molecular formula is C46H33F. The fourth-order valence-corrected chi connectivity index (χ4v) is 7.68. The average Bonchev–Trinajstić information content (AvgIpc) is 3.09. The highest BCUT2D eigenvalue weighted by atomic mass is 19.1. The van der Waals surface area contributed by atoms with Crippen LogP contribution in [0.1, 0.15) is 26.3 Å². The van der Waals surface area contributed by atoms with Gasteiger partial charge in [0.2, 0.25) is 0 Å². The summed E-state index contributed by atoms with van der Waals surface area (Å²) < 4.78 is 14.0. The van der Waals surface area contributed by atoms with E-state index in [1.807, 2.05) is 12.1 Å². The van der Waals surface area contributed by atoms with Crippen LogP contribution in [-0.4, -0.2) is 0 Å². The second kappa shape index (κ2) is 10.2. The van der Waals surface area contributed by atoms with Crippen molar-refractivity contribution in [1.29, 1.82) is 0 Å². The fraction of sp³-hybridized carbons (Fsp3) is 0.0870. The molecule has 0 heterocycles. The summed E-state index contributed by atoms with van der Waals surface area (Å²) in [6.07, 6.45) is 0. The Morgan fingerprint density at radius 2 is 0.766 bits per heavy atom. The Labute approximate surface area is 274 Å². The Balaban J connectivity index is 1.26. The van der Waals surface area contributed by atoms with Crippen LogP contribution in [0.15, 0.2) is 146 Å². The maximum atomic E-state index is 14.0. The van der Waals surface area contributed by atoms with Gasteiger partial charge in [0.25, 0.3) is 0 Å². The van der Waals surface area contributed by atoms with Crippen LogP contribution in [0.2, 0.25) is 0 Å². The molecule has 47 heavy (non-hydrogen) atoms. The van der Waals surface area contributed by atoms with Gasteiger partial charge in [0, 0.05) is 0 Å². The van der Waals surface area contributed by atoms with Crippen LogP contribution >= 0.6 is 0 Å². The van der Waals surface area contributed by atoms with E-state index in [0.29, 0.717) is 0 Å². The van der Waals surface area contributed by atoms with Crippen molar-refractivity contribution in [3.05, 3.63) is 157 Å². The molecule has 0 amide bonds. The topological polar surface area (TPSA) is 0 Å². The predicted octanol–water partition coefficient (Wildman–Crippen LogP) is 13.3. The van der Waals surface area contributed by atoms with E-state index in [9.17, 15) is 4.39 Å². The first-order valence-corrected chi connectivity index (χ1v) is 16.4. The molecule has 0 spiro atoms. The Morgan fingerprint density at radius 1 is 0.383 bits per heavy atom. The van der Waals surface area contributed by atoms with Gasteiger partial charge in [-0.2, -0.15) is 0 Å². The first-order chi connectivity index (χ1) is 22.8. The molecule has 1 heteroatoms. The van der Waals surface area contributed by atoms with E-state index in [1.165, 1.54) is 81.7 Å². The molecule has 9 aromatic rings. The van der Waals surface area contributed by atoms with Gasteiger partial charge in [0.05, 0.1) is 0 Å². The van der Waals surface area contributed by atoms with Gasteiger partial charge in [-0.3, -0.25) is 0 Å². The van der Waals surface area contributed by atoms with Crippen LogP contribution in [0.25, 0.3) is 87.2 Å². The highest BCUT2D eigenvalue weighted by Gasteiger charge is 2.19. The minimum absolute atomic E-state index is 0.133. The third-order valence-electron chi connectivity index (χ3n) is 9.97. The van der Waals surface area contributed by atoms with Crippen molar-refractivity contribution >= 4 is 53.9 Å². The number of fused-ring (bicyclic) bond motifs is 2. The number of hydrogen-bond donors (Lipinski definition) is 0. The van der Waals surface area contributed by atoms with Gasteiger partial charge >= 0.3 is 0 Å². The third-order valence-corrected chi connectivity index (χ3v) is 9.97. The van der Waals surface area contributed by atoms with E-state index >= 15 is 0 Å². The Hall–Kier alpha value is -5.53. The summed E-state index contributed by atoms with van der Waals surface area (Å²) in [5.74, 6) is -0.223. The van der Waals surface area contributed by atoms with Gasteiger partial charge < -0.3 is 0 Å². The first kappa shape index (κ1) is 27.8. The van der Waals surface area contributed by atoms with Crippen molar-refractivity contribution in [3.63, 3.8) is 0 Å². The summed E-state index contributed by atoms with van der Waals surface area (Å²) in [5.41, 5.74) is 8.56. The lowest BCUT2D eigenvalue weighted by atomic mass is 9.84. The van der Waals surface area contributed by atoms with Crippen molar-refractivity contribution in [3.8, 4) is 33.4 Å². The van der Waals surface area contributed by atoms with E-state index in [2.05, 4.69) is 142 Å². The average molecular weight is 605 g/mol. The lowest BCUT2D eigenvalue weighted by Crippen LogP contribution is -2.10. The van der Waals surface area contributed by atoms with Crippen LogP contribution in [-0.2, 0) is 5.41 Å². The zero-order valence-electron chi connectivity index (χ0n) is 26.7. The summed E-state index contributed by atoms with van der Waals surface area (Å²) in [4.78, 5) is 0. The van der Waals surface area contributed by atoms with E-state index in [4.69, 9.17) is 0 Å². The van der Waals surface area contributed by atoms with Gasteiger partial charge in [-0.25, -0.2) is 4.39 Å². The van der Waals surface area contributed by atoms with Crippen molar-refractivity contribution < 1.29 is 4.39 Å². The van der Waals surface area contributed by atoms with Gasteiger partial charge in [-0.05, 0) is 135 Å². The predicted molar refractivity (Wildman–Crippen MR) is 200 cm³/mol. The number of rotatable bonds is 3. The van der Waals surface area contributed by atoms with Gasteiger partial charge in [0.15, 0.2) is 0 Å². The van der Waals surface area contributed by atoms with E-state index in [0.717, 1.165) is 11.1 Å². The largest absolute Gasteiger partial charge is 0.207 e. The van der Waals surface area contributed by atoms with E-state index in [1.54, 1.807) is 12.1 Å². The molecule has 0 saturated heterocycles. The highest BCUT2D eigenvalue weighted by Crippen LogP contribution is 2.46. The third kappa shape index (κ3) is 4.42. The smallest absolute Gasteiger partial charge is 0.123 e. The van der Waals surface area contributed by atoms with Gasteiger partial charge in [-0.1, -0.05) is 130 Å². The standard InChI is InChI=1S/C46H33F/c1-46(2,3)36-20-16-28(17-21-36)34-24-30-12-14-32-26-35(27-33-15-13-31(25-34)42(30)43(32)33)45-40-10-6-4-8-38(40)44(29-18-22-37(47)23-19-29)39-9-5-7-11-41(39)45/h4-27H,1-3H3. The first-order valence-electron chi connectivity index (χ1n) is 16.4. The molecule has 224 valence electrons. The second-order valence-electron chi connectivity index (χ2n) is 13.9. The van der Waals surface area contributed by atoms with Crippen LogP contribution in [0.5, 0.6) is 0 Å². The molecule has 0 bridgehead atoms. The van der Waals surface area contributed by atoms with Crippen LogP contribution in [0.4, 0.5) is 4.39 Å². The molecule has 0 aliphatic rings. The molecule has 0 nitrogen and oxygen atoms in total. The molecule has 9 rings (SSSR count). The maximum absolute atomic E-state index is 14.0. The lowest BCUT2D eigenvalue weighted by Gasteiger charge is -2.20. The summed E-state index contributed by atoms with van der Waals surface area (Å²) in [6, 6.07) is 51.8. The Bertz CT molecular complexity index is 2510. The summed E-state index contributed by atoms with van der Waals surface area (Å²) in [6.45, 7) is 6.78. The SMILES string of the molecule is CC(C)(C)c1ccc(-c2cc3ccc4cc(-c5c6ccccc6c(-c6ccc(F)cc6)c6ccccc56)cc5ccc(c2)c3c45)cc1. The van der Waals surface area contributed by atoms with Crippen LogP contribution < -0.4 is 0 Å². The number of benzene rings is 9. The van der Waals surface area contributed by atoms with Gasteiger partial charge in [0.1, 0.15) is 5.82 Å². The van der Waals surface area contributed by atoms with E-state index in [-0.39, 0.29) is 11.2 Å². The molecular weight excluding hydrogens is 572 g/mol. The Kier molecular flexibility index (Phi) is 6.05. The van der Waals surface area contributed by atoms with Crippen molar-refractivity contribution in [2.45, 2.75) is 26.2 Å². The summed E-state index contributed by atoms with van der Waals surface area (Å²) in [5, 5.41) is 12.4. The molecule has 0 aliphatic heterocycles. The number of halogens is 1. The molecule has 0 unspecified atom stereocenters. The van der Waals surface area contributed by atoms with Gasteiger partial charge in [-0.15, -0.1) is 0 Å². The van der Waals surface area contributed by atoms with Crippen molar-refractivity contribution in [1.82, 2.24) is 0 Å². The normalized spacial score (nSPS) is 12.3. The molecule has 0 saturated carbocycles. The molecule has 0 radical (unpaired) electrons. The van der Waals surface area contributed by atoms with Crippen molar-refractivity contribution in [2.24, 2.45) is 0 Å². The maximum Gasteiger partial charge on any atom is 0.123 e. The fourth-order valence-electron chi connectivity index (χ4n) is 7.68. The minimum Gasteiger partial charge on any atom is -0.207 e. The lowest BCUT2D eigenvalue weighted by molar-refractivity contribution is 0.590. The minimum atomic E-state index is -0.223. The van der Waals surface area contributed by atoms with Crippen LogP contribution in [0.3, 0.4) is 0 Å². The monoisotopic (exact) mass is 604 g/mol. The summed E-state index contributed by atoms with van der Waals surface area (Å²) in [7, 11) is 0. The Morgan fingerprint density at radius 3 is 1.19 bits per heavy atom. The second-order valence-corrected chi connectivity index (χ2v) is 13.9.